The standard InChI is InChI=1S/C19H28N2O5S/c1-15-13-25-16(2)11-21(15)27(23,24)18-9-6-10-20(12-18)19(22)26-14-17-7-4-3-5-8-17/h3-5,7-8,15-16,18H,6,9-14H2,1-2H3/t15-,16+,18-/m0/s1. The van der Waals surface area contributed by atoms with Crippen LogP contribution in [0.15, 0.2) is 30.3 Å². The van der Waals surface area contributed by atoms with Crippen LogP contribution in [-0.2, 0) is 26.1 Å². The molecule has 7 nitrogen and oxygen atoms in total. The average molecular weight is 397 g/mol. The van der Waals surface area contributed by atoms with Crippen molar-refractivity contribution in [3.8, 4) is 0 Å². The zero-order chi connectivity index (χ0) is 19.4. The van der Waals surface area contributed by atoms with Crippen molar-refractivity contribution in [1.82, 2.24) is 9.21 Å². The first kappa shape index (κ1) is 20.1. The fraction of sp³-hybridized carbons (Fsp3) is 0.632. The Morgan fingerprint density at radius 2 is 1.96 bits per heavy atom. The summed E-state index contributed by atoms with van der Waals surface area (Å²) in [6, 6.07) is 9.26. The molecule has 2 aliphatic rings. The van der Waals surface area contributed by atoms with Gasteiger partial charge in [-0.2, -0.15) is 4.31 Å². The maximum atomic E-state index is 13.1. The Morgan fingerprint density at radius 3 is 2.70 bits per heavy atom. The Morgan fingerprint density at radius 1 is 1.22 bits per heavy atom. The van der Waals surface area contributed by atoms with Crippen LogP contribution in [-0.4, -0.2) is 67.4 Å². The molecule has 1 amide bonds. The van der Waals surface area contributed by atoms with Crippen molar-refractivity contribution in [2.75, 3.05) is 26.2 Å². The van der Waals surface area contributed by atoms with Gasteiger partial charge in [0, 0.05) is 25.7 Å². The Bertz CT molecular complexity index is 740. The Balaban J connectivity index is 1.61. The van der Waals surface area contributed by atoms with E-state index in [1.165, 1.54) is 4.90 Å². The molecule has 0 N–H and O–H groups in total. The SMILES string of the molecule is C[C@@H]1CN(S(=O)(=O)[C@H]2CCCN(C(=O)OCc3ccccc3)C2)[C@@H](C)CO1. The molecule has 3 atom stereocenters. The number of piperidine rings is 1. The van der Waals surface area contributed by atoms with Crippen LogP contribution in [0.25, 0.3) is 0 Å². The van der Waals surface area contributed by atoms with Gasteiger partial charge in [0.2, 0.25) is 10.0 Å². The van der Waals surface area contributed by atoms with Crippen LogP contribution in [0.5, 0.6) is 0 Å². The lowest BCUT2D eigenvalue weighted by molar-refractivity contribution is -0.0176. The second kappa shape index (κ2) is 8.58. The molecule has 2 heterocycles. The zero-order valence-electron chi connectivity index (χ0n) is 15.9. The summed E-state index contributed by atoms with van der Waals surface area (Å²) < 4.78 is 38.7. The fourth-order valence-corrected chi connectivity index (χ4v) is 5.77. The Hall–Kier alpha value is -1.64. The highest BCUT2D eigenvalue weighted by Gasteiger charge is 2.41. The van der Waals surface area contributed by atoms with Crippen LogP contribution in [0.1, 0.15) is 32.3 Å². The maximum Gasteiger partial charge on any atom is 0.410 e. The number of morpholine rings is 1. The van der Waals surface area contributed by atoms with Crippen molar-refractivity contribution in [2.24, 2.45) is 0 Å². The van der Waals surface area contributed by atoms with Crippen molar-refractivity contribution < 1.29 is 22.7 Å². The number of ether oxygens (including phenoxy) is 2. The molecule has 3 rings (SSSR count). The minimum absolute atomic E-state index is 0.119. The van der Waals surface area contributed by atoms with E-state index in [2.05, 4.69) is 0 Å². The maximum absolute atomic E-state index is 13.1. The van der Waals surface area contributed by atoms with Crippen LogP contribution in [0.4, 0.5) is 4.79 Å². The van der Waals surface area contributed by atoms with Gasteiger partial charge in [0.05, 0.1) is 18.0 Å². The summed E-state index contributed by atoms with van der Waals surface area (Å²) >= 11 is 0. The van der Waals surface area contributed by atoms with Gasteiger partial charge >= 0.3 is 6.09 Å². The molecule has 1 aromatic carbocycles. The Kier molecular flexibility index (Phi) is 6.39. The van der Waals surface area contributed by atoms with Crippen molar-refractivity contribution in [3.63, 3.8) is 0 Å². The number of sulfonamides is 1. The van der Waals surface area contributed by atoms with E-state index in [0.717, 1.165) is 5.56 Å². The molecule has 0 bridgehead atoms. The highest BCUT2D eigenvalue weighted by molar-refractivity contribution is 7.89. The van der Waals surface area contributed by atoms with Crippen molar-refractivity contribution in [3.05, 3.63) is 35.9 Å². The largest absolute Gasteiger partial charge is 0.445 e. The lowest BCUT2D eigenvalue weighted by Gasteiger charge is -2.40. The van der Waals surface area contributed by atoms with Crippen molar-refractivity contribution in [1.29, 1.82) is 0 Å². The molecule has 27 heavy (non-hydrogen) atoms. The third kappa shape index (κ3) is 4.80. The van der Waals surface area contributed by atoms with Crippen molar-refractivity contribution in [2.45, 2.75) is 50.7 Å². The molecule has 1 aromatic rings. The lowest BCUT2D eigenvalue weighted by Crippen LogP contribution is -2.56. The Labute approximate surface area is 161 Å². The van der Waals surface area contributed by atoms with E-state index in [-0.39, 0.29) is 25.3 Å². The number of hydrogen-bond donors (Lipinski definition) is 0. The molecule has 2 aliphatic heterocycles. The number of benzene rings is 1. The minimum Gasteiger partial charge on any atom is -0.445 e. The van der Waals surface area contributed by atoms with Gasteiger partial charge in [0.15, 0.2) is 0 Å². The molecule has 8 heteroatoms. The van der Waals surface area contributed by atoms with Gasteiger partial charge in [0.25, 0.3) is 0 Å². The van der Waals surface area contributed by atoms with Crippen LogP contribution >= 0.6 is 0 Å². The van der Waals surface area contributed by atoms with Crippen LogP contribution in [0.3, 0.4) is 0 Å². The minimum atomic E-state index is -3.50. The molecule has 2 fully saturated rings. The van der Waals surface area contributed by atoms with Crippen LogP contribution in [0, 0.1) is 0 Å². The number of hydrogen-bond acceptors (Lipinski definition) is 5. The molecule has 0 spiro atoms. The van der Waals surface area contributed by atoms with E-state index < -0.39 is 21.4 Å². The molecular formula is C19H28N2O5S. The first-order chi connectivity index (χ1) is 12.9. The molecule has 0 aliphatic carbocycles. The number of rotatable bonds is 4. The van der Waals surface area contributed by atoms with E-state index >= 15 is 0 Å². The van der Waals surface area contributed by atoms with Gasteiger partial charge in [-0.05, 0) is 32.3 Å². The van der Waals surface area contributed by atoms with Gasteiger partial charge in [0.1, 0.15) is 6.61 Å². The summed E-state index contributed by atoms with van der Waals surface area (Å²) in [6.07, 6.45) is 0.635. The van der Waals surface area contributed by atoms with Gasteiger partial charge in [-0.25, -0.2) is 13.2 Å². The second-order valence-electron chi connectivity index (χ2n) is 7.36. The van der Waals surface area contributed by atoms with Gasteiger partial charge in [-0.15, -0.1) is 0 Å². The molecule has 0 unspecified atom stereocenters. The average Bonchev–Trinajstić information content (AvgIpc) is 2.68. The molecule has 0 radical (unpaired) electrons. The molecule has 2 saturated heterocycles. The van der Waals surface area contributed by atoms with E-state index in [0.29, 0.717) is 32.5 Å². The molecule has 150 valence electrons. The molecular weight excluding hydrogens is 368 g/mol. The number of likely N-dealkylation sites (tertiary alicyclic amines) is 1. The predicted octanol–water partition coefficient (Wildman–Crippen LogP) is 2.23. The number of carbonyl (C=O) groups excluding carboxylic acids is 1. The number of amides is 1. The van der Waals surface area contributed by atoms with Gasteiger partial charge < -0.3 is 14.4 Å². The van der Waals surface area contributed by atoms with Crippen molar-refractivity contribution >= 4 is 16.1 Å². The van der Waals surface area contributed by atoms with Crippen LogP contribution in [0.2, 0.25) is 0 Å². The van der Waals surface area contributed by atoms with E-state index in [1.807, 2.05) is 44.2 Å². The first-order valence-corrected chi connectivity index (χ1v) is 11.0. The normalized spacial score (nSPS) is 27.3. The summed E-state index contributed by atoms with van der Waals surface area (Å²) in [5.74, 6) is 0. The third-order valence-corrected chi connectivity index (χ3v) is 7.53. The summed E-state index contributed by atoms with van der Waals surface area (Å²) in [5, 5.41) is -0.594. The van der Waals surface area contributed by atoms with Crippen LogP contribution < -0.4 is 0 Å². The van der Waals surface area contributed by atoms with Gasteiger partial charge in [-0.3, -0.25) is 0 Å². The van der Waals surface area contributed by atoms with E-state index in [1.54, 1.807) is 4.31 Å². The number of carbonyl (C=O) groups is 1. The second-order valence-corrected chi connectivity index (χ2v) is 9.52. The highest BCUT2D eigenvalue weighted by atomic mass is 32.2. The van der Waals surface area contributed by atoms with Gasteiger partial charge in [-0.1, -0.05) is 30.3 Å². The first-order valence-electron chi connectivity index (χ1n) is 9.46. The fourth-order valence-electron chi connectivity index (χ4n) is 3.58. The highest BCUT2D eigenvalue weighted by Crippen LogP contribution is 2.25. The summed E-state index contributed by atoms with van der Waals surface area (Å²) in [6.45, 7) is 5.38. The predicted molar refractivity (Wildman–Crippen MR) is 102 cm³/mol. The zero-order valence-corrected chi connectivity index (χ0v) is 16.7. The topological polar surface area (TPSA) is 76.2 Å². The molecule has 0 saturated carbocycles. The quantitative estimate of drug-likeness (QED) is 0.780. The number of nitrogens with zero attached hydrogens (tertiary/aromatic N) is 2. The summed E-state index contributed by atoms with van der Waals surface area (Å²) in [5.41, 5.74) is 0.906. The summed E-state index contributed by atoms with van der Waals surface area (Å²) in [7, 11) is -3.50. The van der Waals surface area contributed by atoms with E-state index in [4.69, 9.17) is 9.47 Å². The third-order valence-electron chi connectivity index (χ3n) is 5.14. The monoisotopic (exact) mass is 396 g/mol. The molecule has 0 aromatic heterocycles. The summed E-state index contributed by atoms with van der Waals surface area (Å²) in [4.78, 5) is 13.9. The smallest absolute Gasteiger partial charge is 0.410 e. The lowest BCUT2D eigenvalue weighted by atomic mass is 10.1. The van der Waals surface area contributed by atoms with E-state index in [9.17, 15) is 13.2 Å².